The van der Waals surface area contributed by atoms with Crippen molar-refractivity contribution in [2.24, 2.45) is 5.92 Å². The number of esters is 1. The Morgan fingerprint density at radius 1 is 1.19 bits per heavy atom. The molecule has 21 heavy (non-hydrogen) atoms. The normalized spacial score (nSPS) is 18.8. The van der Waals surface area contributed by atoms with Gasteiger partial charge in [-0.2, -0.15) is 0 Å². The minimum atomic E-state index is -1.22. The van der Waals surface area contributed by atoms with Crippen molar-refractivity contribution in [2.75, 3.05) is 20.2 Å². The molecular weight excluding hydrogens is 280 g/mol. The number of ether oxygens (including phenoxy) is 1. The molecule has 116 valence electrons. The highest BCUT2D eigenvalue weighted by Crippen LogP contribution is 2.17. The lowest BCUT2D eigenvalue weighted by Gasteiger charge is -2.16. The number of hydrogen-bond acceptors (Lipinski definition) is 5. The number of likely N-dealkylation sites (tertiary alicyclic amines) is 1. The van der Waals surface area contributed by atoms with Crippen molar-refractivity contribution in [3.63, 3.8) is 0 Å². The molecule has 1 fully saturated rings. The van der Waals surface area contributed by atoms with Crippen LogP contribution in [0.2, 0.25) is 0 Å². The van der Waals surface area contributed by atoms with Crippen LogP contribution in [0.1, 0.15) is 20.3 Å². The molecule has 0 radical (unpaired) electrons. The second kappa shape index (κ2) is 6.87. The van der Waals surface area contributed by atoms with E-state index in [0.29, 0.717) is 13.0 Å². The summed E-state index contributed by atoms with van der Waals surface area (Å²) in [6.45, 7) is 3.12. The molecule has 1 saturated heterocycles. The summed E-state index contributed by atoms with van der Waals surface area (Å²) in [6, 6.07) is -0.649. The second-order valence-electron chi connectivity index (χ2n) is 4.77. The molecule has 0 aromatic rings. The minimum Gasteiger partial charge on any atom is -0.478 e. The SMILES string of the molecule is COC(=O)C1CCN(C(=O)NC(=O)C(C)=C(C)C(=O)O)C1. The highest BCUT2D eigenvalue weighted by molar-refractivity contribution is 6.07. The molecule has 0 aromatic heterocycles. The van der Waals surface area contributed by atoms with Crippen molar-refractivity contribution in [3.05, 3.63) is 11.1 Å². The van der Waals surface area contributed by atoms with Crippen LogP contribution in [-0.2, 0) is 19.1 Å². The third-order valence-electron chi connectivity index (χ3n) is 3.45. The van der Waals surface area contributed by atoms with Gasteiger partial charge < -0.3 is 14.7 Å². The van der Waals surface area contributed by atoms with E-state index in [-0.39, 0.29) is 17.7 Å². The van der Waals surface area contributed by atoms with Crippen LogP contribution in [0.3, 0.4) is 0 Å². The molecule has 0 spiro atoms. The van der Waals surface area contributed by atoms with Gasteiger partial charge in [0, 0.05) is 24.2 Å². The number of carboxylic acids is 1. The summed E-state index contributed by atoms with van der Waals surface area (Å²) in [6.07, 6.45) is 0.470. The fraction of sp³-hybridized carbons (Fsp3) is 0.538. The van der Waals surface area contributed by atoms with E-state index >= 15 is 0 Å². The smallest absolute Gasteiger partial charge is 0.331 e. The van der Waals surface area contributed by atoms with Gasteiger partial charge in [0.15, 0.2) is 0 Å². The van der Waals surface area contributed by atoms with Gasteiger partial charge in [-0.15, -0.1) is 0 Å². The molecule has 1 heterocycles. The third-order valence-corrected chi connectivity index (χ3v) is 3.45. The highest BCUT2D eigenvalue weighted by Gasteiger charge is 2.32. The number of carboxylic acid groups (broad SMARTS) is 1. The van der Waals surface area contributed by atoms with Crippen LogP contribution in [0.4, 0.5) is 4.79 Å². The Balaban J connectivity index is 2.63. The molecule has 0 saturated carbocycles. The van der Waals surface area contributed by atoms with E-state index in [2.05, 4.69) is 10.1 Å². The summed E-state index contributed by atoms with van der Waals surface area (Å²) < 4.78 is 4.60. The maximum Gasteiger partial charge on any atom is 0.331 e. The maximum absolute atomic E-state index is 11.9. The van der Waals surface area contributed by atoms with E-state index in [0.717, 1.165) is 0 Å². The third kappa shape index (κ3) is 4.04. The zero-order chi connectivity index (χ0) is 16.2. The molecule has 3 amide bonds. The van der Waals surface area contributed by atoms with Gasteiger partial charge >= 0.3 is 18.0 Å². The van der Waals surface area contributed by atoms with Crippen LogP contribution in [-0.4, -0.2) is 54.1 Å². The summed E-state index contributed by atoms with van der Waals surface area (Å²) in [4.78, 5) is 47.1. The van der Waals surface area contributed by atoms with Crippen LogP contribution in [0.15, 0.2) is 11.1 Å². The van der Waals surface area contributed by atoms with Crippen molar-refractivity contribution < 1.29 is 29.0 Å². The van der Waals surface area contributed by atoms with E-state index in [4.69, 9.17) is 5.11 Å². The van der Waals surface area contributed by atoms with Gasteiger partial charge in [-0.3, -0.25) is 14.9 Å². The lowest BCUT2D eigenvalue weighted by Crippen LogP contribution is -2.42. The fourth-order valence-corrected chi connectivity index (χ4v) is 1.90. The summed E-state index contributed by atoms with van der Waals surface area (Å²) >= 11 is 0. The Hall–Kier alpha value is -2.38. The zero-order valence-electron chi connectivity index (χ0n) is 12.1. The summed E-state index contributed by atoms with van der Waals surface area (Å²) in [7, 11) is 1.28. The maximum atomic E-state index is 11.9. The summed E-state index contributed by atoms with van der Waals surface area (Å²) in [5.41, 5.74) is -0.172. The monoisotopic (exact) mass is 298 g/mol. The number of carbonyl (C=O) groups excluding carboxylic acids is 3. The first-order valence-corrected chi connectivity index (χ1v) is 6.36. The van der Waals surface area contributed by atoms with Gasteiger partial charge in [-0.05, 0) is 20.3 Å². The van der Waals surface area contributed by atoms with Crippen LogP contribution in [0, 0.1) is 5.92 Å². The predicted molar refractivity (Wildman–Crippen MR) is 71.2 cm³/mol. The Kier molecular flexibility index (Phi) is 5.45. The first-order chi connectivity index (χ1) is 9.77. The molecule has 2 N–H and O–H groups in total. The molecular formula is C13H18N2O6. The number of amides is 3. The van der Waals surface area contributed by atoms with Crippen molar-refractivity contribution in [1.82, 2.24) is 10.2 Å². The molecule has 1 unspecified atom stereocenters. The van der Waals surface area contributed by atoms with E-state index in [1.54, 1.807) is 0 Å². The topological polar surface area (TPSA) is 113 Å². The number of hydrogen-bond donors (Lipinski definition) is 2. The van der Waals surface area contributed by atoms with Crippen molar-refractivity contribution in [1.29, 1.82) is 0 Å². The fourth-order valence-electron chi connectivity index (χ4n) is 1.90. The molecule has 0 aliphatic carbocycles. The van der Waals surface area contributed by atoms with Gasteiger partial charge in [0.25, 0.3) is 5.91 Å². The number of aliphatic carboxylic acids is 1. The Labute approximate surface area is 121 Å². The van der Waals surface area contributed by atoms with Crippen LogP contribution in [0.25, 0.3) is 0 Å². The molecule has 1 aliphatic rings. The van der Waals surface area contributed by atoms with Crippen LogP contribution < -0.4 is 5.32 Å². The van der Waals surface area contributed by atoms with Gasteiger partial charge in [-0.1, -0.05) is 0 Å². The first kappa shape index (κ1) is 16.7. The molecule has 1 rings (SSSR count). The molecule has 8 heteroatoms. The van der Waals surface area contributed by atoms with E-state index in [1.807, 2.05) is 0 Å². The Morgan fingerprint density at radius 3 is 2.33 bits per heavy atom. The Morgan fingerprint density at radius 2 is 1.81 bits per heavy atom. The van der Waals surface area contributed by atoms with Crippen LogP contribution >= 0.6 is 0 Å². The van der Waals surface area contributed by atoms with Gasteiger partial charge in [0.2, 0.25) is 0 Å². The summed E-state index contributed by atoms with van der Waals surface area (Å²) in [5.74, 6) is -2.77. The Bertz CT molecular complexity index is 511. The number of nitrogens with one attached hydrogen (secondary N) is 1. The predicted octanol–water partition coefficient (Wildman–Crippen LogP) is 0.139. The summed E-state index contributed by atoms with van der Waals surface area (Å²) in [5, 5.41) is 10.9. The highest BCUT2D eigenvalue weighted by atomic mass is 16.5. The lowest BCUT2D eigenvalue weighted by atomic mass is 10.1. The number of rotatable bonds is 3. The van der Waals surface area contributed by atoms with Crippen molar-refractivity contribution >= 4 is 23.9 Å². The average molecular weight is 298 g/mol. The standard InChI is InChI=1S/C13H18N2O6/c1-7(8(2)11(17)18)10(16)14-13(20)15-5-4-9(6-15)12(19)21-3/h9H,4-6H2,1-3H3,(H,17,18)(H,14,16,20). The number of imide groups is 1. The van der Waals surface area contributed by atoms with Crippen LogP contribution in [0.5, 0.6) is 0 Å². The van der Waals surface area contributed by atoms with Gasteiger partial charge in [-0.25, -0.2) is 9.59 Å². The second-order valence-corrected chi connectivity index (χ2v) is 4.77. The first-order valence-electron chi connectivity index (χ1n) is 6.36. The van der Waals surface area contributed by atoms with E-state index < -0.39 is 29.8 Å². The molecule has 1 atom stereocenters. The molecule has 8 nitrogen and oxygen atoms in total. The average Bonchev–Trinajstić information content (AvgIpc) is 2.94. The lowest BCUT2D eigenvalue weighted by molar-refractivity contribution is -0.144. The van der Waals surface area contributed by atoms with E-state index in [1.165, 1.54) is 25.9 Å². The van der Waals surface area contributed by atoms with Gasteiger partial charge in [0.1, 0.15) is 0 Å². The quantitative estimate of drug-likeness (QED) is 0.566. The number of carbonyl (C=O) groups is 4. The van der Waals surface area contributed by atoms with Crippen molar-refractivity contribution in [2.45, 2.75) is 20.3 Å². The molecule has 0 aromatic carbocycles. The van der Waals surface area contributed by atoms with Gasteiger partial charge in [0.05, 0.1) is 13.0 Å². The largest absolute Gasteiger partial charge is 0.478 e. The number of nitrogens with zero attached hydrogens (tertiary/aromatic N) is 1. The number of methoxy groups -OCH3 is 1. The van der Waals surface area contributed by atoms with E-state index in [9.17, 15) is 19.2 Å². The molecule has 1 aliphatic heterocycles. The van der Waals surface area contributed by atoms with Crippen molar-refractivity contribution in [3.8, 4) is 0 Å². The minimum absolute atomic E-state index is 0.0421. The molecule has 0 bridgehead atoms. The zero-order valence-corrected chi connectivity index (χ0v) is 12.1. The number of urea groups is 1.